The number of Topliss-reactive ketones (excluding diaryl/α,β-unsaturated/α-hetero) is 1. The van der Waals surface area contributed by atoms with Gasteiger partial charge in [0.2, 0.25) is 0 Å². The molecule has 0 aromatic heterocycles. The number of piperidine rings is 1. The normalized spacial score (nSPS) is 48.5. The van der Waals surface area contributed by atoms with Gasteiger partial charge in [-0.15, -0.1) is 0 Å². The van der Waals surface area contributed by atoms with Crippen LogP contribution >= 0.6 is 0 Å². The molecule has 0 saturated carbocycles. The lowest BCUT2D eigenvalue weighted by molar-refractivity contribution is -0.123. The largest absolute Gasteiger partial charge is 0.351 e. The minimum Gasteiger partial charge on any atom is -0.351 e. The SMILES string of the molecule is O=CC1=C[C@]23CC/C=C\CCCCN4CC[C@@H]1[C@]1(C[C@@H]5CCC(=O)CC[C@@H](O2)N5[C@H]13)C4. The van der Waals surface area contributed by atoms with Crippen molar-refractivity contribution in [2.45, 2.75) is 94.5 Å². The highest BCUT2D eigenvalue weighted by Crippen LogP contribution is 2.64. The molecule has 5 aliphatic heterocycles. The van der Waals surface area contributed by atoms with Gasteiger partial charge >= 0.3 is 0 Å². The first-order chi connectivity index (χ1) is 15.2. The van der Waals surface area contributed by atoms with E-state index >= 15 is 0 Å². The monoisotopic (exact) mass is 424 g/mol. The van der Waals surface area contributed by atoms with E-state index < -0.39 is 0 Å². The highest BCUT2D eigenvalue weighted by Gasteiger charge is 2.71. The van der Waals surface area contributed by atoms with E-state index in [9.17, 15) is 9.59 Å². The summed E-state index contributed by atoms with van der Waals surface area (Å²) in [4.78, 5) is 30.2. The Balaban J connectivity index is 1.49. The van der Waals surface area contributed by atoms with Gasteiger partial charge in [0, 0.05) is 30.8 Å². The topological polar surface area (TPSA) is 49.9 Å². The third-order valence-electron chi connectivity index (χ3n) is 9.32. The highest BCUT2D eigenvalue weighted by molar-refractivity contribution is 5.78. The predicted octanol–water partition coefficient (Wildman–Crippen LogP) is 3.64. The lowest BCUT2D eigenvalue weighted by Crippen LogP contribution is -2.63. The number of ether oxygens (including phenoxy) is 1. The maximum absolute atomic E-state index is 12.4. The summed E-state index contributed by atoms with van der Waals surface area (Å²) in [6, 6.07) is 0.750. The van der Waals surface area contributed by atoms with Crippen LogP contribution in [0.25, 0.3) is 0 Å². The Hall–Kier alpha value is -1.30. The van der Waals surface area contributed by atoms with E-state index in [1.165, 1.54) is 12.8 Å². The van der Waals surface area contributed by atoms with E-state index in [0.29, 0.717) is 36.6 Å². The van der Waals surface area contributed by atoms with Crippen LogP contribution < -0.4 is 0 Å². The maximum Gasteiger partial charge on any atom is 0.146 e. The third kappa shape index (κ3) is 3.07. The molecule has 7 atom stereocenters. The summed E-state index contributed by atoms with van der Waals surface area (Å²) in [6.07, 6.45) is 19.0. The van der Waals surface area contributed by atoms with Gasteiger partial charge < -0.3 is 9.64 Å². The van der Waals surface area contributed by atoms with Crippen LogP contribution in [0.1, 0.15) is 70.6 Å². The Kier molecular flexibility index (Phi) is 5.00. The van der Waals surface area contributed by atoms with Crippen molar-refractivity contribution in [2.24, 2.45) is 11.3 Å². The Bertz CT molecular complexity index is 821. The summed E-state index contributed by atoms with van der Waals surface area (Å²) in [7, 11) is 0. The van der Waals surface area contributed by atoms with E-state index in [-0.39, 0.29) is 17.2 Å². The van der Waals surface area contributed by atoms with Crippen molar-refractivity contribution >= 4 is 12.1 Å². The Morgan fingerprint density at radius 1 is 1.06 bits per heavy atom. The first-order valence-electron chi connectivity index (χ1n) is 12.7. The molecule has 5 heterocycles. The molecule has 6 rings (SSSR count). The molecule has 1 aliphatic carbocycles. The van der Waals surface area contributed by atoms with Crippen LogP contribution in [0, 0.1) is 11.3 Å². The van der Waals surface area contributed by atoms with Crippen LogP contribution in [-0.4, -0.2) is 65.4 Å². The Morgan fingerprint density at radius 3 is 2.84 bits per heavy atom. The van der Waals surface area contributed by atoms with Gasteiger partial charge in [-0.2, -0.15) is 0 Å². The zero-order valence-electron chi connectivity index (χ0n) is 18.6. The van der Waals surface area contributed by atoms with Gasteiger partial charge in [0.05, 0.1) is 6.04 Å². The molecule has 31 heavy (non-hydrogen) atoms. The third-order valence-corrected chi connectivity index (χ3v) is 9.32. The number of carbonyl (C=O) groups excluding carboxylic acids is 2. The number of nitrogens with zero attached hydrogens (tertiary/aromatic N) is 2. The fourth-order valence-corrected chi connectivity index (χ4v) is 8.28. The van der Waals surface area contributed by atoms with E-state index in [0.717, 1.165) is 76.4 Å². The van der Waals surface area contributed by atoms with Crippen LogP contribution in [0.2, 0.25) is 0 Å². The quantitative estimate of drug-likeness (QED) is 0.475. The molecular weight excluding hydrogens is 388 g/mol. The second kappa shape index (κ2) is 7.64. The number of fused-ring (bicyclic) bond motifs is 1. The summed E-state index contributed by atoms with van der Waals surface area (Å²) in [5, 5.41) is 0. The molecular formula is C26H36N2O3. The highest BCUT2D eigenvalue weighted by atomic mass is 16.5. The van der Waals surface area contributed by atoms with Crippen molar-refractivity contribution in [3.63, 3.8) is 0 Å². The minimum atomic E-state index is -0.388. The van der Waals surface area contributed by atoms with Crippen molar-refractivity contribution in [3.8, 4) is 0 Å². The number of hydrogen-bond acceptors (Lipinski definition) is 5. The molecule has 0 aromatic rings. The van der Waals surface area contributed by atoms with Gasteiger partial charge in [0.15, 0.2) is 0 Å². The van der Waals surface area contributed by atoms with Gasteiger partial charge in [0.1, 0.15) is 23.9 Å². The van der Waals surface area contributed by atoms with Crippen molar-refractivity contribution in [2.75, 3.05) is 19.6 Å². The molecule has 5 nitrogen and oxygen atoms in total. The van der Waals surface area contributed by atoms with Crippen LogP contribution in [0.5, 0.6) is 0 Å². The molecule has 1 unspecified atom stereocenters. The second-order valence-electron chi connectivity index (χ2n) is 11.0. The maximum atomic E-state index is 12.4. The van der Waals surface area contributed by atoms with Gasteiger partial charge in [-0.25, -0.2) is 0 Å². The molecule has 0 N–H and O–H groups in total. The molecule has 6 aliphatic rings. The first kappa shape index (κ1) is 20.3. The Labute approximate surface area is 185 Å². The molecule has 4 fully saturated rings. The Morgan fingerprint density at radius 2 is 1.94 bits per heavy atom. The van der Waals surface area contributed by atoms with E-state index in [2.05, 4.69) is 28.0 Å². The van der Waals surface area contributed by atoms with E-state index in [1.54, 1.807) is 0 Å². The van der Waals surface area contributed by atoms with E-state index in [4.69, 9.17) is 4.74 Å². The van der Waals surface area contributed by atoms with Gasteiger partial charge in [0.25, 0.3) is 0 Å². The van der Waals surface area contributed by atoms with Crippen LogP contribution in [0.3, 0.4) is 0 Å². The molecule has 1 spiro atoms. The number of allylic oxidation sites excluding steroid dienone is 3. The summed E-state index contributed by atoms with van der Waals surface area (Å²) < 4.78 is 6.97. The van der Waals surface area contributed by atoms with Gasteiger partial charge in [-0.05, 0) is 88.4 Å². The minimum absolute atomic E-state index is 0.0220. The number of rotatable bonds is 1. The summed E-state index contributed by atoms with van der Waals surface area (Å²) in [5.74, 6) is 0.737. The number of aldehydes is 1. The molecule has 168 valence electrons. The molecule has 0 aromatic carbocycles. The average molecular weight is 425 g/mol. The van der Waals surface area contributed by atoms with Crippen LogP contribution in [-0.2, 0) is 14.3 Å². The standard InChI is InChI=1S/C26H36N2O3/c29-17-19-15-26-12-5-3-1-2-4-6-13-27-14-11-22(19)25(18-27)16-20-7-8-21(30)9-10-23(31-26)28(20)24(25)26/h1,3,15,17,20,22-24H,2,4-14,16,18H2/b3-1-/t20-,22-,23+,24+,25-,26-/m0/s1. The second-order valence-corrected chi connectivity index (χ2v) is 11.0. The predicted molar refractivity (Wildman–Crippen MR) is 118 cm³/mol. The molecule has 0 amide bonds. The van der Waals surface area contributed by atoms with Crippen LogP contribution in [0.15, 0.2) is 23.8 Å². The zero-order chi connectivity index (χ0) is 21.1. The molecule has 5 heteroatoms. The summed E-state index contributed by atoms with van der Waals surface area (Å²) in [5.41, 5.74) is 0.693. The average Bonchev–Trinajstić information content (AvgIpc) is 3.26. The number of carbonyl (C=O) groups is 2. The summed E-state index contributed by atoms with van der Waals surface area (Å²) in [6.45, 7) is 3.34. The van der Waals surface area contributed by atoms with Crippen molar-refractivity contribution in [1.82, 2.24) is 9.80 Å². The molecule has 0 radical (unpaired) electrons. The van der Waals surface area contributed by atoms with Gasteiger partial charge in [-0.1, -0.05) is 12.2 Å². The zero-order valence-corrected chi connectivity index (χ0v) is 18.6. The molecule has 3 bridgehead atoms. The van der Waals surface area contributed by atoms with Crippen LogP contribution in [0.4, 0.5) is 0 Å². The van der Waals surface area contributed by atoms with Gasteiger partial charge in [-0.3, -0.25) is 14.5 Å². The first-order valence-corrected chi connectivity index (χ1v) is 12.7. The van der Waals surface area contributed by atoms with Crippen molar-refractivity contribution in [3.05, 3.63) is 23.8 Å². The lowest BCUT2D eigenvalue weighted by Gasteiger charge is -2.55. The van der Waals surface area contributed by atoms with E-state index in [1.807, 2.05) is 0 Å². The number of ketones is 1. The van der Waals surface area contributed by atoms with Crippen molar-refractivity contribution < 1.29 is 14.3 Å². The fraction of sp³-hybridized carbons (Fsp3) is 0.769. The smallest absolute Gasteiger partial charge is 0.146 e. The lowest BCUT2D eigenvalue weighted by atomic mass is 9.55. The number of hydrogen-bond donors (Lipinski definition) is 0. The molecule has 4 saturated heterocycles. The summed E-state index contributed by atoms with van der Waals surface area (Å²) >= 11 is 0. The fourth-order valence-electron chi connectivity index (χ4n) is 8.28. The van der Waals surface area contributed by atoms with Crippen molar-refractivity contribution in [1.29, 1.82) is 0 Å².